The first kappa shape index (κ1) is 14.5. The molecular weight excluding hydrogens is 320 g/mol. The lowest BCUT2D eigenvalue weighted by molar-refractivity contribution is 0.0697. The molecule has 1 aromatic heterocycles. The lowest BCUT2D eigenvalue weighted by atomic mass is 10.1. The molecule has 0 radical (unpaired) electrons. The number of halogens is 1. The van der Waals surface area contributed by atoms with Gasteiger partial charge in [-0.1, -0.05) is 25.1 Å². The summed E-state index contributed by atoms with van der Waals surface area (Å²) in [5.41, 5.74) is 3.26. The maximum Gasteiger partial charge on any atom is 0.339 e. The van der Waals surface area contributed by atoms with Crippen LogP contribution in [0.2, 0.25) is 0 Å². The molecule has 20 heavy (non-hydrogen) atoms. The first-order valence-electron chi connectivity index (χ1n) is 6.27. The number of nitrogens with zero attached hydrogens (tertiary/aromatic N) is 1. The summed E-state index contributed by atoms with van der Waals surface area (Å²) in [4.78, 5) is 15.5. The van der Waals surface area contributed by atoms with Gasteiger partial charge >= 0.3 is 5.97 Å². The van der Waals surface area contributed by atoms with E-state index < -0.39 is 5.97 Å². The van der Waals surface area contributed by atoms with Gasteiger partial charge in [-0.05, 0) is 46.5 Å². The van der Waals surface area contributed by atoms with Crippen LogP contribution in [0.1, 0.15) is 28.4 Å². The number of hydrogen-bond acceptors (Lipinski definition) is 3. The Bertz CT molecular complexity index is 656. The van der Waals surface area contributed by atoms with Gasteiger partial charge in [0.2, 0.25) is 0 Å². The van der Waals surface area contributed by atoms with Crippen LogP contribution in [0, 0.1) is 6.92 Å². The molecule has 0 atom stereocenters. The van der Waals surface area contributed by atoms with Crippen molar-refractivity contribution in [1.82, 2.24) is 4.98 Å². The Balaban J connectivity index is 2.48. The quantitative estimate of drug-likeness (QED) is 0.881. The molecule has 1 heterocycles. The molecular formula is C15H15BrN2O2. The Hall–Kier alpha value is -1.88. The summed E-state index contributed by atoms with van der Waals surface area (Å²) in [6.45, 7) is 4.05. The van der Waals surface area contributed by atoms with Gasteiger partial charge in [0.15, 0.2) is 0 Å². The van der Waals surface area contributed by atoms with Crippen molar-refractivity contribution in [3.05, 3.63) is 51.6 Å². The number of aromatic carboxylic acids is 1. The van der Waals surface area contributed by atoms with Gasteiger partial charge < -0.3 is 10.4 Å². The summed E-state index contributed by atoms with van der Waals surface area (Å²) in [5.74, 6) is -0.655. The van der Waals surface area contributed by atoms with Crippen LogP contribution < -0.4 is 5.32 Å². The van der Waals surface area contributed by atoms with Crippen molar-refractivity contribution >= 4 is 33.4 Å². The average molecular weight is 335 g/mol. The molecule has 0 fully saturated rings. The third kappa shape index (κ3) is 2.99. The smallest absolute Gasteiger partial charge is 0.339 e. The normalized spacial score (nSPS) is 10.3. The topological polar surface area (TPSA) is 62.2 Å². The van der Waals surface area contributed by atoms with Gasteiger partial charge in [-0.2, -0.15) is 0 Å². The minimum Gasteiger partial charge on any atom is -0.478 e. The van der Waals surface area contributed by atoms with Gasteiger partial charge in [0.05, 0.1) is 0 Å². The summed E-state index contributed by atoms with van der Waals surface area (Å²) in [6.07, 6.45) is 2.45. The number of carboxylic acids is 1. The molecule has 0 spiro atoms. The Morgan fingerprint density at radius 2 is 2.20 bits per heavy atom. The Kier molecular flexibility index (Phi) is 4.39. The second-order valence-corrected chi connectivity index (χ2v) is 5.36. The first-order chi connectivity index (χ1) is 9.52. The van der Waals surface area contributed by atoms with E-state index in [1.54, 1.807) is 12.3 Å². The maximum atomic E-state index is 11.3. The Morgan fingerprint density at radius 3 is 2.85 bits per heavy atom. The van der Waals surface area contributed by atoms with Gasteiger partial charge in [0.1, 0.15) is 11.4 Å². The molecule has 4 nitrogen and oxygen atoms in total. The lowest BCUT2D eigenvalue weighted by Crippen LogP contribution is -2.07. The van der Waals surface area contributed by atoms with Crippen LogP contribution in [0.5, 0.6) is 0 Å². The molecule has 1 aromatic carbocycles. The van der Waals surface area contributed by atoms with Crippen LogP contribution >= 0.6 is 15.9 Å². The number of pyridine rings is 1. The van der Waals surface area contributed by atoms with E-state index in [0.717, 1.165) is 23.2 Å². The fraction of sp³-hybridized carbons (Fsp3) is 0.200. The number of anilines is 2. The highest BCUT2D eigenvalue weighted by Gasteiger charge is 2.14. The zero-order valence-electron chi connectivity index (χ0n) is 11.3. The zero-order valence-corrected chi connectivity index (χ0v) is 12.9. The first-order valence-corrected chi connectivity index (χ1v) is 7.06. The van der Waals surface area contributed by atoms with Crippen LogP contribution in [0.4, 0.5) is 11.5 Å². The number of benzene rings is 1. The molecule has 0 bridgehead atoms. The fourth-order valence-corrected chi connectivity index (χ4v) is 2.35. The second kappa shape index (κ2) is 6.05. The highest BCUT2D eigenvalue weighted by molar-refractivity contribution is 9.10. The number of aromatic nitrogens is 1. The fourth-order valence-electron chi connectivity index (χ4n) is 2.02. The number of hydrogen-bond donors (Lipinski definition) is 2. The number of carbonyl (C=O) groups is 1. The van der Waals surface area contributed by atoms with Gasteiger partial charge in [-0.25, -0.2) is 9.78 Å². The SMILES string of the molecule is CCc1cccc(C)c1Nc1ncc(Br)cc1C(=O)O. The predicted octanol–water partition coefficient (Wildman–Crippen LogP) is 4.16. The predicted molar refractivity (Wildman–Crippen MR) is 82.7 cm³/mol. The third-order valence-electron chi connectivity index (χ3n) is 3.07. The molecule has 2 aromatic rings. The van der Waals surface area contributed by atoms with E-state index in [-0.39, 0.29) is 5.56 Å². The number of carboxylic acid groups (broad SMARTS) is 1. The van der Waals surface area contributed by atoms with E-state index in [4.69, 9.17) is 0 Å². The van der Waals surface area contributed by atoms with Crippen molar-refractivity contribution < 1.29 is 9.90 Å². The number of nitrogens with one attached hydrogen (secondary N) is 1. The lowest BCUT2D eigenvalue weighted by Gasteiger charge is -2.15. The van der Waals surface area contributed by atoms with E-state index in [1.807, 2.05) is 25.1 Å². The van der Waals surface area contributed by atoms with Crippen molar-refractivity contribution in [2.45, 2.75) is 20.3 Å². The molecule has 0 aliphatic carbocycles. The molecule has 2 rings (SSSR count). The number of para-hydroxylation sites is 1. The summed E-state index contributed by atoms with van der Waals surface area (Å²) in [5, 5.41) is 12.4. The van der Waals surface area contributed by atoms with Crippen molar-refractivity contribution in [2.75, 3.05) is 5.32 Å². The van der Waals surface area contributed by atoms with Crippen molar-refractivity contribution in [1.29, 1.82) is 0 Å². The van der Waals surface area contributed by atoms with Gasteiger partial charge in [-0.15, -0.1) is 0 Å². The van der Waals surface area contributed by atoms with Crippen LogP contribution in [0.25, 0.3) is 0 Å². The molecule has 0 amide bonds. The zero-order chi connectivity index (χ0) is 14.7. The summed E-state index contributed by atoms with van der Waals surface area (Å²) >= 11 is 3.24. The third-order valence-corrected chi connectivity index (χ3v) is 3.50. The summed E-state index contributed by atoms with van der Waals surface area (Å²) in [7, 11) is 0. The molecule has 0 unspecified atom stereocenters. The van der Waals surface area contributed by atoms with Crippen molar-refractivity contribution in [3.8, 4) is 0 Å². The standard InChI is InChI=1S/C15H15BrN2O2/c1-3-10-6-4-5-9(2)13(10)18-14-12(15(19)20)7-11(16)8-17-14/h4-8H,3H2,1-2H3,(H,17,18)(H,19,20). The molecule has 104 valence electrons. The molecule has 5 heteroatoms. The van der Waals surface area contributed by atoms with E-state index in [1.165, 1.54) is 0 Å². The number of rotatable bonds is 4. The monoisotopic (exact) mass is 334 g/mol. The second-order valence-electron chi connectivity index (χ2n) is 4.44. The van der Waals surface area contributed by atoms with E-state index in [2.05, 4.69) is 33.2 Å². The van der Waals surface area contributed by atoms with E-state index in [9.17, 15) is 9.90 Å². The summed E-state index contributed by atoms with van der Waals surface area (Å²) in [6, 6.07) is 7.55. The average Bonchev–Trinajstić information content (AvgIpc) is 2.42. The summed E-state index contributed by atoms with van der Waals surface area (Å²) < 4.78 is 0.640. The molecule has 0 aliphatic rings. The molecule has 0 saturated carbocycles. The maximum absolute atomic E-state index is 11.3. The highest BCUT2D eigenvalue weighted by Crippen LogP contribution is 2.27. The van der Waals surface area contributed by atoms with E-state index >= 15 is 0 Å². The van der Waals surface area contributed by atoms with Crippen molar-refractivity contribution in [2.24, 2.45) is 0 Å². The molecule has 2 N–H and O–H groups in total. The largest absolute Gasteiger partial charge is 0.478 e. The number of aryl methyl sites for hydroxylation is 2. The van der Waals surface area contributed by atoms with Crippen LogP contribution in [0.15, 0.2) is 34.9 Å². The van der Waals surface area contributed by atoms with Crippen molar-refractivity contribution in [3.63, 3.8) is 0 Å². The van der Waals surface area contributed by atoms with Gasteiger partial charge in [0.25, 0.3) is 0 Å². The highest BCUT2D eigenvalue weighted by atomic mass is 79.9. The van der Waals surface area contributed by atoms with Gasteiger partial charge in [0, 0.05) is 16.4 Å². The van der Waals surface area contributed by atoms with Crippen LogP contribution in [-0.2, 0) is 6.42 Å². The van der Waals surface area contributed by atoms with Crippen LogP contribution in [0.3, 0.4) is 0 Å². The Labute approximate surface area is 126 Å². The minimum atomic E-state index is -1.01. The Morgan fingerprint density at radius 1 is 1.45 bits per heavy atom. The molecule has 0 saturated heterocycles. The minimum absolute atomic E-state index is 0.143. The molecule has 0 aliphatic heterocycles. The van der Waals surface area contributed by atoms with E-state index in [0.29, 0.717) is 10.3 Å². The van der Waals surface area contributed by atoms with Gasteiger partial charge in [-0.3, -0.25) is 0 Å². The van der Waals surface area contributed by atoms with Crippen LogP contribution in [-0.4, -0.2) is 16.1 Å².